The lowest BCUT2D eigenvalue weighted by molar-refractivity contribution is -0.122. The van der Waals surface area contributed by atoms with E-state index in [4.69, 9.17) is 19.4 Å². The Morgan fingerprint density at radius 3 is 2.45 bits per heavy atom. The molecule has 0 aromatic carbocycles. The number of hydrogen-bond donors (Lipinski definition) is 1. The summed E-state index contributed by atoms with van der Waals surface area (Å²) in [5.41, 5.74) is 0. The quantitative estimate of drug-likeness (QED) is 0.494. The highest BCUT2D eigenvalue weighted by Gasteiger charge is 2.16. The molecule has 0 bridgehead atoms. The first kappa shape index (κ1) is 10.4. The van der Waals surface area contributed by atoms with Gasteiger partial charge in [-0.25, -0.2) is 0 Å². The number of ether oxygens (including phenoxy) is 2. The zero-order valence-electron chi connectivity index (χ0n) is 6.66. The van der Waals surface area contributed by atoms with Crippen LogP contribution in [0.4, 0.5) is 0 Å². The van der Waals surface area contributed by atoms with E-state index in [0.717, 1.165) is 0 Å². The first-order chi connectivity index (χ1) is 5.35. The maximum Gasteiger partial charge on any atom is 0.290 e. The average molecular weight is 162 g/mol. The predicted molar refractivity (Wildman–Crippen MR) is 39.3 cm³/mol. The van der Waals surface area contributed by atoms with Gasteiger partial charge in [0.05, 0.1) is 6.10 Å². The van der Waals surface area contributed by atoms with Crippen LogP contribution in [0.15, 0.2) is 0 Å². The van der Waals surface area contributed by atoms with E-state index in [9.17, 15) is 0 Å². The number of carboxylic acid groups (broad SMARTS) is 1. The molecule has 1 aliphatic rings. The molecule has 0 aromatic rings. The molecule has 0 aliphatic heterocycles. The minimum absolute atomic E-state index is 0.250. The van der Waals surface area contributed by atoms with Gasteiger partial charge in [-0.05, 0) is 19.3 Å². The summed E-state index contributed by atoms with van der Waals surface area (Å²) in [5.74, 6) is 0. The molecule has 1 rings (SSSR count). The van der Waals surface area contributed by atoms with Gasteiger partial charge in [0.2, 0.25) is 0 Å². The fourth-order valence-corrected chi connectivity index (χ4v) is 0.702. The Labute approximate surface area is 66.1 Å². The molecule has 0 radical (unpaired) electrons. The van der Waals surface area contributed by atoms with Crippen LogP contribution in [-0.2, 0) is 14.3 Å². The second-order valence-corrected chi connectivity index (χ2v) is 2.23. The van der Waals surface area contributed by atoms with Crippen molar-refractivity contribution in [2.45, 2.75) is 25.4 Å². The van der Waals surface area contributed by atoms with Crippen molar-refractivity contribution in [2.75, 3.05) is 13.9 Å². The van der Waals surface area contributed by atoms with Crippen LogP contribution in [0.5, 0.6) is 0 Å². The van der Waals surface area contributed by atoms with Gasteiger partial charge in [0.25, 0.3) is 6.47 Å². The predicted octanol–water partition coefficient (Wildman–Crippen LogP) is 0.860. The maximum absolute atomic E-state index is 8.36. The number of carbonyl (C=O) groups is 1. The summed E-state index contributed by atoms with van der Waals surface area (Å²) >= 11 is 0. The molecule has 0 saturated heterocycles. The van der Waals surface area contributed by atoms with Crippen molar-refractivity contribution in [1.82, 2.24) is 0 Å². The van der Waals surface area contributed by atoms with Gasteiger partial charge in [-0.15, -0.1) is 0 Å². The van der Waals surface area contributed by atoms with Crippen molar-refractivity contribution in [2.24, 2.45) is 0 Å². The Hall–Kier alpha value is -0.610. The first-order valence-electron chi connectivity index (χ1n) is 3.53. The molecule has 1 fully saturated rings. The van der Waals surface area contributed by atoms with Gasteiger partial charge in [0.15, 0.2) is 0 Å². The first-order valence-corrected chi connectivity index (χ1v) is 3.53. The van der Waals surface area contributed by atoms with Gasteiger partial charge in [0, 0.05) is 7.11 Å². The third-order valence-corrected chi connectivity index (χ3v) is 1.47. The topological polar surface area (TPSA) is 55.8 Å². The summed E-state index contributed by atoms with van der Waals surface area (Å²) in [6.07, 6.45) is 4.29. The molecule has 0 unspecified atom stereocenters. The monoisotopic (exact) mass is 162 g/mol. The van der Waals surface area contributed by atoms with Crippen molar-refractivity contribution in [3.8, 4) is 0 Å². The highest BCUT2D eigenvalue weighted by Crippen LogP contribution is 2.21. The molecule has 0 aromatic heterocycles. The largest absolute Gasteiger partial charge is 0.483 e. The molecule has 11 heavy (non-hydrogen) atoms. The average Bonchev–Trinajstić information content (AvgIpc) is 1.87. The van der Waals surface area contributed by atoms with Crippen molar-refractivity contribution < 1.29 is 19.4 Å². The third-order valence-electron chi connectivity index (χ3n) is 1.47. The fourth-order valence-electron chi connectivity index (χ4n) is 0.702. The second kappa shape index (κ2) is 7.50. The van der Waals surface area contributed by atoms with E-state index in [-0.39, 0.29) is 6.47 Å². The molecule has 66 valence electrons. The van der Waals surface area contributed by atoms with Crippen LogP contribution in [0.1, 0.15) is 19.3 Å². The molecule has 1 aliphatic carbocycles. The van der Waals surface area contributed by atoms with E-state index in [2.05, 4.69) is 0 Å². The zero-order chi connectivity index (χ0) is 8.53. The van der Waals surface area contributed by atoms with Crippen molar-refractivity contribution >= 4 is 6.47 Å². The van der Waals surface area contributed by atoms with E-state index in [1.165, 1.54) is 19.3 Å². The fraction of sp³-hybridized carbons (Fsp3) is 0.857. The van der Waals surface area contributed by atoms with Crippen LogP contribution in [0.3, 0.4) is 0 Å². The third kappa shape index (κ3) is 5.82. The SMILES string of the molecule is COCOC1CCC1.O=CO. The minimum Gasteiger partial charge on any atom is -0.483 e. The van der Waals surface area contributed by atoms with E-state index >= 15 is 0 Å². The molecule has 0 spiro atoms. The van der Waals surface area contributed by atoms with E-state index in [1.807, 2.05) is 0 Å². The van der Waals surface area contributed by atoms with Gasteiger partial charge >= 0.3 is 0 Å². The van der Waals surface area contributed by atoms with Crippen molar-refractivity contribution in [1.29, 1.82) is 0 Å². The molecule has 4 heteroatoms. The standard InChI is InChI=1S/C6H12O2.CH2O2/c1-7-5-8-6-3-2-4-6;2-1-3/h6H,2-5H2,1H3;1H,(H,2,3). The van der Waals surface area contributed by atoms with Crippen molar-refractivity contribution in [3.63, 3.8) is 0 Å². The lowest BCUT2D eigenvalue weighted by Gasteiger charge is -2.24. The zero-order valence-corrected chi connectivity index (χ0v) is 6.66. The van der Waals surface area contributed by atoms with Crippen LogP contribution >= 0.6 is 0 Å². The molecule has 1 saturated carbocycles. The molecular formula is C7H14O4. The smallest absolute Gasteiger partial charge is 0.290 e. The highest BCUT2D eigenvalue weighted by molar-refractivity contribution is 5.32. The molecule has 0 amide bonds. The number of methoxy groups -OCH3 is 1. The molecule has 4 nitrogen and oxygen atoms in total. The van der Waals surface area contributed by atoms with Gasteiger partial charge in [-0.2, -0.15) is 0 Å². The van der Waals surface area contributed by atoms with Gasteiger partial charge in [-0.3, -0.25) is 4.79 Å². The van der Waals surface area contributed by atoms with Gasteiger partial charge < -0.3 is 14.6 Å². The molecule has 0 atom stereocenters. The van der Waals surface area contributed by atoms with Crippen LogP contribution < -0.4 is 0 Å². The summed E-state index contributed by atoms with van der Waals surface area (Å²) in [4.78, 5) is 8.36. The Kier molecular flexibility index (Phi) is 7.08. The van der Waals surface area contributed by atoms with Crippen LogP contribution in [-0.4, -0.2) is 31.6 Å². The maximum atomic E-state index is 8.36. The summed E-state index contributed by atoms with van der Waals surface area (Å²) in [6, 6.07) is 0. The van der Waals surface area contributed by atoms with E-state index in [1.54, 1.807) is 7.11 Å². The van der Waals surface area contributed by atoms with Gasteiger partial charge in [-0.1, -0.05) is 0 Å². The van der Waals surface area contributed by atoms with Crippen LogP contribution in [0.2, 0.25) is 0 Å². The Balaban J connectivity index is 0.000000292. The van der Waals surface area contributed by atoms with Crippen LogP contribution in [0.25, 0.3) is 0 Å². The summed E-state index contributed by atoms with van der Waals surface area (Å²) in [7, 11) is 1.65. The summed E-state index contributed by atoms with van der Waals surface area (Å²) < 4.78 is 9.93. The lowest BCUT2D eigenvalue weighted by Crippen LogP contribution is -2.22. The van der Waals surface area contributed by atoms with Crippen molar-refractivity contribution in [3.05, 3.63) is 0 Å². The lowest BCUT2D eigenvalue weighted by atomic mass is 9.96. The van der Waals surface area contributed by atoms with Crippen LogP contribution in [0, 0.1) is 0 Å². The Morgan fingerprint density at radius 2 is 2.18 bits per heavy atom. The number of hydrogen-bond acceptors (Lipinski definition) is 3. The molecular weight excluding hydrogens is 148 g/mol. The second-order valence-electron chi connectivity index (χ2n) is 2.23. The minimum atomic E-state index is -0.250. The Bertz CT molecular complexity index is 90.4. The molecule has 0 heterocycles. The molecule has 1 N–H and O–H groups in total. The summed E-state index contributed by atoms with van der Waals surface area (Å²) in [5, 5.41) is 6.89. The normalized spacial score (nSPS) is 16.1. The highest BCUT2D eigenvalue weighted by atomic mass is 16.7. The van der Waals surface area contributed by atoms with E-state index < -0.39 is 0 Å². The summed E-state index contributed by atoms with van der Waals surface area (Å²) in [6.45, 7) is 0.213. The van der Waals surface area contributed by atoms with E-state index in [0.29, 0.717) is 12.9 Å². The van der Waals surface area contributed by atoms with Gasteiger partial charge in [0.1, 0.15) is 6.79 Å². The number of rotatable bonds is 3. The Morgan fingerprint density at radius 1 is 1.64 bits per heavy atom.